The van der Waals surface area contributed by atoms with E-state index in [9.17, 15) is 14.4 Å². The molecule has 0 saturated carbocycles. The summed E-state index contributed by atoms with van der Waals surface area (Å²) in [7, 11) is 0. The van der Waals surface area contributed by atoms with Crippen LogP contribution in [0.1, 0.15) is 48.7 Å². The molecule has 0 aliphatic carbocycles. The van der Waals surface area contributed by atoms with Crippen LogP contribution in [0.5, 0.6) is 0 Å². The zero-order valence-electron chi connectivity index (χ0n) is 16.7. The largest absolute Gasteiger partial charge is 0.481 e. The van der Waals surface area contributed by atoms with Crippen LogP contribution in [0.25, 0.3) is 0 Å². The average molecular weight is 434 g/mol. The molecule has 0 aliphatic rings. The van der Waals surface area contributed by atoms with Crippen LogP contribution in [0.3, 0.4) is 0 Å². The SMILES string of the molecule is CC(C)C(OC(=O)NC(CCC(=O)O)c1ccc(Cl)cc1)OC(=O)c1ccccc1. The number of rotatable bonds is 9. The Hall–Kier alpha value is -3.06. The maximum absolute atomic E-state index is 12.5. The molecule has 0 fully saturated rings. The van der Waals surface area contributed by atoms with E-state index in [1.54, 1.807) is 68.4 Å². The number of ether oxygens (including phenoxy) is 2. The lowest BCUT2D eigenvalue weighted by molar-refractivity contribution is -0.137. The third-order valence-electron chi connectivity index (χ3n) is 4.21. The Morgan fingerprint density at radius 2 is 1.63 bits per heavy atom. The van der Waals surface area contributed by atoms with E-state index in [-0.39, 0.29) is 18.8 Å². The molecule has 8 heteroatoms. The third-order valence-corrected chi connectivity index (χ3v) is 4.46. The summed E-state index contributed by atoms with van der Waals surface area (Å²) >= 11 is 5.90. The molecule has 160 valence electrons. The molecule has 2 unspecified atom stereocenters. The maximum Gasteiger partial charge on any atom is 0.410 e. The summed E-state index contributed by atoms with van der Waals surface area (Å²) in [5.74, 6) is -1.89. The Morgan fingerprint density at radius 1 is 1.00 bits per heavy atom. The van der Waals surface area contributed by atoms with E-state index in [2.05, 4.69) is 5.32 Å². The second kappa shape index (κ2) is 11.2. The van der Waals surface area contributed by atoms with Gasteiger partial charge in [0.25, 0.3) is 6.29 Å². The van der Waals surface area contributed by atoms with Crippen LogP contribution in [0.2, 0.25) is 5.02 Å². The smallest absolute Gasteiger partial charge is 0.410 e. The van der Waals surface area contributed by atoms with E-state index in [4.69, 9.17) is 26.2 Å². The topological polar surface area (TPSA) is 102 Å². The van der Waals surface area contributed by atoms with Crippen molar-refractivity contribution in [3.8, 4) is 0 Å². The van der Waals surface area contributed by atoms with Crippen LogP contribution < -0.4 is 5.32 Å². The van der Waals surface area contributed by atoms with Crippen molar-refractivity contribution >= 4 is 29.6 Å². The average Bonchev–Trinajstić information content (AvgIpc) is 2.71. The van der Waals surface area contributed by atoms with E-state index in [1.807, 2.05) is 0 Å². The van der Waals surface area contributed by atoms with Gasteiger partial charge in [-0.3, -0.25) is 4.79 Å². The second-order valence-corrected chi connectivity index (χ2v) is 7.41. The molecule has 0 bridgehead atoms. The number of carbonyl (C=O) groups is 3. The number of aliphatic carboxylic acids is 1. The standard InChI is InChI=1S/C22H24ClNO6/c1-14(2)21(29-20(27)16-6-4-3-5-7-16)30-22(28)24-18(12-13-19(25)26)15-8-10-17(23)11-9-15/h3-11,14,18,21H,12-13H2,1-2H3,(H,24,28)(H,25,26). The first-order valence-electron chi connectivity index (χ1n) is 9.46. The summed E-state index contributed by atoms with van der Waals surface area (Å²) < 4.78 is 10.7. The Balaban J connectivity index is 2.05. The molecule has 2 atom stereocenters. The van der Waals surface area contributed by atoms with Crippen molar-refractivity contribution in [2.45, 2.75) is 39.0 Å². The fraction of sp³-hybridized carbons (Fsp3) is 0.318. The molecule has 0 radical (unpaired) electrons. The molecular weight excluding hydrogens is 410 g/mol. The molecule has 30 heavy (non-hydrogen) atoms. The zero-order valence-corrected chi connectivity index (χ0v) is 17.5. The van der Waals surface area contributed by atoms with Gasteiger partial charge in [0.05, 0.1) is 11.6 Å². The Morgan fingerprint density at radius 3 is 2.20 bits per heavy atom. The number of alkyl carbamates (subject to hydrolysis) is 1. The summed E-state index contributed by atoms with van der Waals surface area (Å²) in [4.78, 5) is 35.7. The van der Waals surface area contributed by atoms with E-state index in [1.165, 1.54) is 0 Å². The minimum absolute atomic E-state index is 0.149. The molecule has 1 amide bonds. The summed E-state index contributed by atoms with van der Waals surface area (Å²) in [6.07, 6.45) is -1.92. The van der Waals surface area contributed by atoms with Crippen LogP contribution in [0.15, 0.2) is 54.6 Å². The molecule has 2 N–H and O–H groups in total. The molecule has 0 spiro atoms. The van der Waals surface area contributed by atoms with E-state index in [0.29, 0.717) is 16.1 Å². The number of nitrogens with one attached hydrogen (secondary N) is 1. The number of hydrogen-bond acceptors (Lipinski definition) is 5. The van der Waals surface area contributed by atoms with Crippen molar-refractivity contribution in [3.63, 3.8) is 0 Å². The summed E-state index contributed by atoms with van der Waals surface area (Å²) in [6.45, 7) is 3.49. The minimum atomic E-state index is -1.11. The van der Waals surface area contributed by atoms with Gasteiger partial charge in [-0.25, -0.2) is 9.59 Å². The quantitative estimate of drug-likeness (QED) is 0.434. The van der Waals surface area contributed by atoms with E-state index in [0.717, 1.165) is 0 Å². The van der Waals surface area contributed by atoms with Crippen molar-refractivity contribution in [3.05, 3.63) is 70.7 Å². The highest BCUT2D eigenvalue weighted by atomic mass is 35.5. The fourth-order valence-electron chi connectivity index (χ4n) is 2.61. The molecule has 2 rings (SSSR count). The molecule has 2 aromatic rings. The molecule has 0 aromatic heterocycles. The summed E-state index contributed by atoms with van der Waals surface area (Å²) in [5, 5.41) is 12.2. The lowest BCUT2D eigenvalue weighted by Gasteiger charge is -2.24. The van der Waals surface area contributed by atoms with Gasteiger partial charge in [0.1, 0.15) is 0 Å². The van der Waals surface area contributed by atoms with Gasteiger partial charge in [-0.2, -0.15) is 0 Å². The Bertz CT molecular complexity index is 854. The van der Waals surface area contributed by atoms with Crippen LogP contribution in [-0.2, 0) is 14.3 Å². The van der Waals surface area contributed by atoms with Gasteiger partial charge in [-0.05, 0) is 36.2 Å². The van der Waals surface area contributed by atoms with Gasteiger partial charge in [0.2, 0.25) is 0 Å². The monoisotopic (exact) mass is 433 g/mol. The van der Waals surface area contributed by atoms with Crippen molar-refractivity contribution in [2.24, 2.45) is 5.92 Å². The number of carbonyl (C=O) groups excluding carboxylic acids is 2. The number of carboxylic acid groups (broad SMARTS) is 1. The lowest BCUT2D eigenvalue weighted by atomic mass is 10.0. The number of amides is 1. The van der Waals surface area contributed by atoms with Crippen molar-refractivity contribution in [1.82, 2.24) is 5.32 Å². The van der Waals surface area contributed by atoms with Gasteiger partial charge in [0, 0.05) is 17.4 Å². The van der Waals surface area contributed by atoms with Gasteiger partial charge < -0.3 is 19.9 Å². The van der Waals surface area contributed by atoms with Crippen LogP contribution in [0, 0.1) is 5.92 Å². The van der Waals surface area contributed by atoms with Gasteiger partial charge in [-0.15, -0.1) is 0 Å². The minimum Gasteiger partial charge on any atom is -0.481 e. The highest BCUT2D eigenvalue weighted by molar-refractivity contribution is 6.30. The first-order valence-corrected chi connectivity index (χ1v) is 9.84. The van der Waals surface area contributed by atoms with Gasteiger partial charge >= 0.3 is 18.0 Å². The molecule has 7 nitrogen and oxygen atoms in total. The lowest BCUT2D eigenvalue weighted by Crippen LogP contribution is -2.36. The molecular formula is C22H24ClNO6. The van der Waals surface area contributed by atoms with E-state index >= 15 is 0 Å². The molecule has 0 heterocycles. The molecule has 2 aromatic carbocycles. The van der Waals surface area contributed by atoms with Gasteiger partial charge in [0.15, 0.2) is 0 Å². The van der Waals surface area contributed by atoms with E-state index < -0.39 is 30.4 Å². The first-order chi connectivity index (χ1) is 14.3. The first kappa shape index (κ1) is 23.2. The second-order valence-electron chi connectivity index (χ2n) is 6.97. The predicted octanol–water partition coefficient (Wildman–Crippen LogP) is 4.81. The van der Waals surface area contributed by atoms with Crippen LogP contribution >= 0.6 is 11.6 Å². The third kappa shape index (κ3) is 7.40. The highest BCUT2D eigenvalue weighted by Gasteiger charge is 2.25. The maximum atomic E-state index is 12.5. The number of carboxylic acids is 1. The predicted molar refractivity (Wildman–Crippen MR) is 111 cm³/mol. The number of benzene rings is 2. The normalized spacial score (nSPS) is 12.7. The Labute approximate surface area is 179 Å². The van der Waals surface area contributed by atoms with Gasteiger partial charge in [-0.1, -0.05) is 55.8 Å². The number of esters is 1. The summed E-state index contributed by atoms with van der Waals surface area (Å²) in [6, 6.07) is 14.5. The number of hydrogen-bond donors (Lipinski definition) is 2. The fourth-order valence-corrected chi connectivity index (χ4v) is 2.74. The Kier molecular flexibility index (Phi) is 8.68. The molecule has 0 saturated heterocycles. The van der Waals surface area contributed by atoms with Crippen LogP contribution in [-0.4, -0.2) is 29.4 Å². The number of halogens is 1. The van der Waals surface area contributed by atoms with Crippen LogP contribution in [0.4, 0.5) is 4.79 Å². The summed E-state index contributed by atoms with van der Waals surface area (Å²) in [5.41, 5.74) is 1.02. The van der Waals surface area contributed by atoms with Crippen molar-refractivity contribution in [2.75, 3.05) is 0 Å². The highest BCUT2D eigenvalue weighted by Crippen LogP contribution is 2.22. The van der Waals surface area contributed by atoms with Crippen molar-refractivity contribution in [1.29, 1.82) is 0 Å². The molecule has 0 aliphatic heterocycles. The van der Waals surface area contributed by atoms with Crippen molar-refractivity contribution < 1.29 is 29.0 Å². The zero-order chi connectivity index (χ0) is 22.1.